The van der Waals surface area contributed by atoms with Crippen LogP contribution in [-0.4, -0.2) is 23.3 Å². The van der Waals surface area contributed by atoms with Crippen LogP contribution < -0.4 is 0 Å². The first-order valence-electron chi connectivity index (χ1n) is 24.2. The fraction of sp³-hybridized carbons (Fsp3) is 0. The number of para-hydroxylation sites is 10. The van der Waals surface area contributed by atoms with Crippen LogP contribution >= 0.6 is 0 Å². The molecule has 6 nitrogen and oxygen atoms in total. The molecule has 0 aliphatic heterocycles. The van der Waals surface area contributed by atoms with E-state index < -0.39 is 0 Å². The zero-order chi connectivity index (χ0) is 46.3. The second-order valence-corrected chi connectivity index (χ2v) is 18.6. The van der Waals surface area contributed by atoms with E-state index in [2.05, 4.69) is 255 Å². The standard InChI is InChI=1S/C65H39N5O/c1-10-31-51-40(20-1)41-21-2-11-32-52(41)67(51)61-60(50-30-19-29-49-48-28-9-18-39-59(48)71-63(49)50)62(68-53-33-12-3-22-42(53)43-23-4-13-34-54(43)68)65(70-57-37-16-7-26-46(57)47-27-8-17-38-58(47)70)66-64(61)69-55-35-14-5-24-44(55)45-25-6-15-36-56(45)69/h1-39H. The second-order valence-electron chi connectivity index (χ2n) is 18.6. The molecule has 0 N–H and O–H groups in total. The molecule has 10 aromatic carbocycles. The summed E-state index contributed by atoms with van der Waals surface area (Å²) < 4.78 is 17.0. The van der Waals surface area contributed by atoms with Gasteiger partial charge in [-0.3, -0.25) is 9.13 Å². The summed E-state index contributed by atoms with van der Waals surface area (Å²) >= 11 is 0. The lowest BCUT2D eigenvalue weighted by atomic mass is 9.98. The Kier molecular flexibility index (Phi) is 7.79. The maximum Gasteiger partial charge on any atom is 0.165 e. The van der Waals surface area contributed by atoms with Crippen molar-refractivity contribution in [3.05, 3.63) is 237 Å². The molecule has 0 aliphatic carbocycles. The molecule has 16 rings (SSSR count). The van der Waals surface area contributed by atoms with E-state index in [1.807, 2.05) is 0 Å². The summed E-state index contributed by atoms with van der Waals surface area (Å²) in [6.07, 6.45) is 0. The zero-order valence-electron chi connectivity index (χ0n) is 38.2. The number of nitrogens with zero attached hydrogens (tertiary/aromatic N) is 5. The van der Waals surface area contributed by atoms with Crippen LogP contribution in [0, 0.1) is 0 Å². The van der Waals surface area contributed by atoms with Crippen molar-refractivity contribution in [2.75, 3.05) is 0 Å². The molecule has 0 saturated carbocycles. The molecule has 0 atom stereocenters. The molecule has 6 heterocycles. The van der Waals surface area contributed by atoms with Crippen molar-refractivity contribution in [3.63, 3.8) is 0 Å². The number of hydrogen-bond donors (Lipinski definition) is 0. The van der Waals surface area contributed by atoms with Crippen LogP contribution in [0.2, 0.25) is 0 Å². The van der Waals surface area contributed by atoms with Crippen molar-refractivity contribution in [3.8, 4) is 34.1 Å². The van der Waals surface area contributed by atoms with Gasteiger partial charge in [0.25, 0.3) is 0 Å². The Morgan fingerprint density at radius 2 is 0.535 bits per heavy atom. The third-order valence-electron chi connectivity index (χ3n) is 15.0. The predicted octanol–water partition coefficient (Wildman–Crippen LogP) is 17.0. The van der Waals surface area contributed by atoms with Gasteiger partial charge in [0.2, 0.25) is 0 Å². The van der Waals surface area contributed by atoms with E-state index in [9.17, 15) is 0 Å². The third-order valence-corrected chi connectivity index (χ3v) is 15.0. The largest absolute Gasteiger partial charge is 0.455 e. The smallest absolute Gasteiger partial charge is 0.165 e. The van der Waals surface area contributed by atoms with Gasteiger partial charge in [-0.25, -0.2) is 4.98 Å². The summed E-state index contributed by atoms with van der Waals surface area (Å²) in [5.74, 6) is 1.58. The monoisotopic (exact) mass is 905 g/mol. The highest BCUT2D eigenvalue weighted by atomic mass is 16.3. The first kappa shape index (κ1) is 38.3. The van der Waals surface area contributed by atoms with Crippen molar-refractivity contribution in [1.29, 1.82) is 0 Å². The normalized spacial score (nSPS) is 12.2. The number of furan rings is 1. The average Bonchev–Trinajstić information content (AvgIpc) is 4.24. The van der Waals surface area contributed by atoms with Crippen LogP contribution in [0.4, 0.5) is 0 Å². The lowest BCUT2D eigenvalue weighted by molar-refractivity contribution is 0.670. The fourth-order valence-corrected chi connectivity index (χ4v) is 12.1. The van der Waals surface area contributed by atoms with Gasteiger partial charge in [-0.2, -0.15) is 0 Å². The molecule has 0 saturated heterocycles. The van der Waals surface area contributed by atoms with Crippen LogP contribution in [0.15, 0.2) is 241 Å². The van der Waals surface area contributed by atoms with Crippen molar-refractivity contribution >= 4 is 109 Å². The highest BCUT2D eigenvalue weighted by Crippen LogP contribution is 2.50. The molecule has 0 radical (unpaired) electrons. The Labute approximate surface area is 405 Å². The van der Waals surface area contributed by atoms with E-state index in [0.29, 0.717) is 0 Å². The van der Waals surface area contributed by atoms with E-state index in [-0.39, 0.29) is 0 Å². The number of hydrogen-bond acceptors (Lipinski definition) is 2. The van der Waals surface area contributed by atoms with Crippen molar-refractivity contribution in [2.24, 2.45) is 0 Å². The molecule has 16 aromatic rings. The molecule has 6 heteroatoms. The summed E-state index contributed by atoms with van der Waals surface area (Å²) in [6, 6.07) is 85.5. The Bertz CT molecular complexity index is 4440. The summed E-state index contributed by atoms with van der Waals surface area (Å²) in [7, 11) is 0. The summed E-state index contributed by atoms with van der Waals surface area (Å²) in [4.78, 5) is 6.36. The summed E-state index contributed by atoms with van der Waals surface area (Å²) in [6.45, 7) is 0. The Morgan fingerprint density at radius 3 is 0.887 bits per heavy atom. The molecule has 0 amide bonds. The molecule has 71 heavy (non-hydrogen) atoms. The Morgan fingerprint density at radius 1 is 0.254 bits per heavy atom. The summed E-state index contributed by atoms with van der Waals surface area (Å²) in [5.41, 5.74) is 14.0. The number of benzene rings is 10. The minimum atomic E-state index is 0.790. The van der Waals surface area contributed by atoms with E-state index in [1.165, 1.54) is 0 Å². The minimum absolute atomic E-state index is 0.790. The molecular formula is C65H39N5O. The Hall–Kier alpha value is -9.65. The van der Waals surface area contributed by atoms with Gasteiger partial charge in [-0.05, 0) is 54.6 Å². The van der Waals surface area contributed by atoms with Gasteiger partial charge >= 0.3 is 0 Å². The van der Waals surface area contributed by atoms with Gasteiger partial charge in [0, 0.05) is 65.0 Å². The van der Waals surface area contributed by atoms with Crippen LogP contribution in [0.5, 0.6) is 0 Å². The highest BCUT2D eigenvalue weighted by Gasteiger charge is 2.33. The van der Waals surface area contributed by atoms with Gasteiger partial charge < -0.3 is 13.6 Å². The second kappa shape index (κ2) is 14.4. The quantitative estimate of drug-likeness (QED) is 0.173. The van der Waals surface area contributed by atoms with Gasteiger partial charge in [0.05, 0.1) is 44.1 Å². The zero-order valence-corrected chi connectivity index (χ0v) is 38.2. The maximum absolute atomic E-state index is 7.22. The van der Waals surface area contributed by atoms with E-state index in [1.54, 1.807) is 0 Å². The van der Waals surface area contributed by atoms with E-state index in [4.69, 9.17) is 9.40 Å². The van der Waals surface area contributed by atoms with Gasteiger partial charge in [-0.1, -0.05) is 182 Å². The first-order chi connectivity index (χ1) is 35.3. The van der Waals surface area contributed by atoms with Gasteiger partial charge in [0.15, 0.2) is 11.6 Å². The molecule has 0 aliphatic rings. The van der Waals surface area contributed by atoms with Gasteiger partial charge in [0.1, 0.15) is 22.5 Å². The number of fused-ring (bicyclic) bond motifs is 15. The lowest BCUT2D eigenvalue weighted by Gasteiger charge is -2.27. The Balaban J connectivity index is 1.26. The molecule has 330 valence electrons. The number of rotatable bonds is 5. The average molecular weight is 906 g/mol. The molecule has 0 bridgehead atoms. The molecule has 0 spiro atoms. The molecule has 0 fully saturated rings. The predicted molar refractivity (Wildman–Crippen MR) is 294 cm³/mol. The number of pyridine rings is 1. The van der Waals surface area contributed by atoms with Crippen LogP contribution in [-0.2, 0) is 0 Å². The van der Waals surface area contributed by atoms with Crippen LogP contribution in [0.3, 0.4) is 0 Å². The molecule has 0 unspecified atom stereocenters. The summed E-state index contributed by atoms with van der Waals surface area (Å²) in [5, 5.41) is 11.4. The first-order valence-corrected chi connectivity index (χ1v) is 24.2. The van der Waals surface area contributed by atoms with Crippen LogP contribution in [0.25, 0.3) is 143 Å². The van der Waals surface area contributed by atoms with Crippen molar-refractivity contribution in [1.82, 2.24) is 23.3 Å². The van der Waals surface area contributed by atoms with E-state index >= 15 is 0 Å². The van der Waals surface area contributed by atoms with Gasteiger partial charge in [-0.15, -0.1) is 0 Å². The minimum Gasteiger partial charge on any atom is -0.455 e. The van der Waals surface area contributed by atoms with Crippen molar-refractivity contribution < 1.29 is 4.42 Å². The van der Waals surface area contributed by atoms with Crippen molar-refractivity contribution in [2.45, 2.75) is 0 Å². The number of aromatic nitrogens is 5. The fourth-order valence-electron chi connectivity index (χ4n) is 12.1. The molecule has 6 aromatic heterocycles. The van der Waals surface area contributed by atoms with Crippen LogP contribution in [0.1, 0.15) is 0 Å². The molecular weight excluding hydrogens is 867 g/mol. The third kappa shape index (κ3) is 5.17. The highest BCUT2D eigenvalue weighted by molar-refractivity contribution is 6.18. The maximum atomic E-state index is 7.22. The lowest BCUT2D eigenvalue weighted by Crippen LogP contribution is -2.16. The topological polar surface area (TPSA) is 45.8 Å². The SMILES string of the molecule is c1ccc2c(c1)oc1c(-c3c(-n4c5ccccc5c5ccccc54)c(-n4c5ccccc5c5ccccc54)nc(-n4c5ccccc5c5ccccc54)c3-n3c4ccccc4c4ccccc43)cccc12. The van der Waals surface area contributed by atoms with E-state index in [0.717, 1.165) is 143 Å².